The van der Waals surface area contributed by atoms with Gasteiger partial charge in [0.05, 0.1) is 18.5 Å². The van der Waals surface area contributed by atoms with Crippen LogP contribution in [0.3, 0.4) is 0 Å². The monoisotopic (exact) mass is 462 g/mol. The standard InChI is InChI=1S/C24H28F2N2O5/c1-24(2,3)14-9-12-11-7-6-8-27-18(11)15(33-23(25)26)10-13(12)19-16(14)20(29)17(22(31)32-5)21(30)28(19)4/h10,14,23,27,29H,6-9H2,1-5H3. The van der Waals surface area contributed by atoms with Crippen molar-refractivity contribution >= 4 is 11.7 Å². The molecule has 1 aromatic carbocycles. The molecule has 4 rings (SSSR count). The molecule has 0 bridgehead atoms. The number of pyridine rings is 1. The normalized spacial score (nSPS) is 17.0. The number of ether oxygens (including phenoxy) is 2. The van der Waals surface area contributed by atoms with Gasteiger partial charge in [0.2, 0.25) is 0 Å². The Hall–Kier alpha value is -3.10. The van der Waals surface area contributed by atoms with E-state index in [4.69, 9.17) is 9.47 Å². The van der Waals surface area contributed by atoms with Crippen LogP contribution in [-0.2, 0) is 24.6 Å². The molecule has 1 aliphatic carbocycles. The smallest absolute Gasteiger partial charge is 0.387 e. The number of nitrogens with one attached hydrogen (secondary N) is 1. The van der Waals surface area contributed by atoms with Crippen molar-refractivity contribution in [2.45, 2.75) is 52.6 Å². The maximum absolute atomic E-state index is 13.2. The van der Waals surface area contributed by atoms with Gasteiger partial charge in [-0.1, -0.05) is 20.8 Å². The molecule has 1 atom stereocenters. The molecule has 0 amide bonds. The van der Waals surface area contributed by atoms with Crippen molar-refractivity contribution in [3.8, 4) is 22.8 Å². The first-order chi connectivity index (χ1) is 15.5. The maximum atomic E-state index is 13.2. The number of fused-ring (bicyclic) bond motifs is 5. The average molecular weight is 462 g/mol. The van der Waals surface area contributed by atoms with Crippen molar-refractivity contribution in [1.29, 1.82) is 0 Å². The number of nitrogens with zero attached hydrogens (tertiary/aromatic N) is 1. The molecule has 2 N–H and O–H groups in total. The molecule has 0 saturated heterocycles. The van der Waals surface area contributed by atoms with E-state index in [1.54, 1.807) is 0 Å². The van der Waals surface area contributed by atoms with Gasteiger partial charge in [0, 0.05) is 24.7 Å². The Balaban J connectivity index is 2.13. The van der Waals surface area contributed by atoms with Crippen LogP contribution < -0.4 is 15.6 Å². The minimum atomic E-state index is -3.01. The number of methoxy groups -OCH3 is 1. The second kappa shape index (κ2) is 8.04. The predicted molar refractivity (Wildman–Crippen MR) is 119 cm³/mol. The van der Waals surface area contributed by atoms with Gasteiger partial charge < -0.3 is 24.5 Å². The first-order valence-electron chi connectivity index (χ1n) is 10.9. The highest BCUT2D eigenvalue weighted by Gasteiger charge is 2.41. The molecule has 178 valence electrons. The first kappa shape index (κ1) is 23.1. The number of hydrogen-bond acceptors (Lipinski definition) is 6. The third kappa shape index (κ3) is 3.63. The van der Waals surface area contributed by atoms with E-state index in [1.807, 2.05) is 20.8 Å². The molecule has 2 aliphatic rings. The fraction of sp³-hybridized carbons (Fsp3) is 0.500. The molecule has 0 saturated carbocycles. The van der Waals surface area contributed by atoms with Crippen LogP contribution in [0.2, 0.25) is 0 Å². The third-order valence-electron chi connectivity index (χ3n) is 6.68. The number of hydrogen-bond donors (Lipinski definition) is 2. The second-order valence-electron chi connectivity index (χ2n) is 9.63. The lowest BCUT2D eigenvalue weighted by Gasteiger charge is -2.40. The van der Waals surface area contributed by atoms with Crippen LogP contribution in [0.4, 0.5) is 14.5 Å². The zero-order valence-electron chi connectivity index (χ0n) is 19.3. The summed E-state index contributed by atoms with van der Waals surface area (Å²) in [6.07, 6.45) is 2.02. The summed E-state index contributed by atoms with van der Waals surface area (Å²) in [6, 6.07) is 1.51. The molecule has 0 spiro atoms. The summed E-state index contributed by atoms with van der Waals surface area (Å²) >= 11 is 0. The summed E-state index contributed by atoms with van der Waals surface area (Å²) in [5.41, 5.74) is 2.27. The topological polar surface area (TPSA) is 89.8 Å². The molecule has 1 unspecified atom stereocenters. The van der Waals surface area contributed by atoms with Crippen molar-refractivity contribution in [1.82, 2.24) is 4.57 Å². The van der Waals surface area contributed by atoms with Crippen LogP contribution in [0.25, 0.3) is 11.3 Å². The SMILES string of the molecule is COC(=O)c1c(O)c2c(n(C)c1=O)-c1cc(OC(F)F)c3c(c1CC2C(C)(C)C)CCCN3. The van der Waals surface area contributed by atoms with Crippen LogP contribution >= 0.6 is 0 Å². The lowest BCUT2D eigenvalue weighted by atomic mass is 9.67. The Labute approximate surface area is 190 Å². The van der Waals surface area contributed by atoms with Gasteiger partial charge in [-0.2, -0.15) is 8.78 Å². The highest BCUT2D eigenvalue weighted by atomic mass is 19.3. The molecule has 1 aliphatic heterocycles. The van der Waals surface area contributed by atoms with E-state index in [9.17, 15) is 23.5 Å². The van der Waals surface area contributed by atoms with E-state index in [0.29, 0.717) is 41.9 Å². The van der Waals surface area contributed by atoms with Crippen molar-refractivity contribution in [3.05, 3.63) is 38.7 Å². The van der Waals surface area contributed by atoms with Crippen molar-refractivity contribution in [3.63, 3.8) is 0 Å². The lowest BCUT2D eigenvalue weighted by Crippen LogP contribution is -2.34. The number of carbonyl (C=O) groups is 1. The molecular formula is C24H28F2N2O5. The van der Waals surface area contributed by atoms with Gasteiger partial charge in [-0.15, -0.1) is 0 Å². The van der Waals surface area contributed by atoms with Gasteiger partial charge in [0.1, 0.15) is 11.5 Å². The van der Waals surface area contributed by atoms with E-state index in [2.05, 4.69) is 5.32 Å². The molecule has 2 aromatic rings. The van der Waals surface area contributed by atoms with Gasteiger partial charge >= 0.3 is 12.6 Å². The quantitative estimate of drug-likeness (QED) is 0.665. The van der Waals surface area contributed by atoms with Gasteiger partial charge in [-0.3, -0.25) is 4.79 Å². The summed E-state index contributed by atoms with van der Waals surface area (Å²) in [5.74, 6) is -1.59. The number of rotatable bonds is 3. The number of anilines is 1. The fourth-order valence-corrected chi connectivity index (χ4v) is 5.12. The number of alkyl halides is 2. The van der Waals surface area contributed by atoms with Crippen LogP contribution in [0.1, 0.15) is 60.2 Å². The first-order valence-corrected chi connectivity index (χ1v) is 10.9. The van der Waals surface area contributed by atoms with E-state index < -0.39 is 29.5 Å². The minimum absolute atomic E-state index is 0.00240. The van der Waals surface area contributed by atoms with Crippen LogP contribution in [0.5, 0.6) is 11.5 Å². The highest BCUT2D eigenvalue weighted by Crippen LogP contribution is 2.54. The molecule has 33 heavy (non-hydrogen) atoms. The molecule has 0 fully saturated rings. The lowest BCUT2D eigenvalue weighted by molar-refractivity contribution is -0.0494. The number of benzene rings is 1. The summed E-state index contributed by atoms with van der Waals surface area (Å²) in [6.45, 7) is 3.70. The van der Waals surface area contributed by atoms with Crippen LogP contribution in [0.15, 0.2) is 10.9 Å². The zero-order chi connectivity index (χ0) is 24.2. The van der Waals surface area contributed by atoms with Gasteiger partial charge in [-0.25, -0.2) is 4.79 Å². The molecule has 9 heteroatoms. The largest absolute Gasteiger partial charge is 0.506 e. The summed E-state index contributed by atoms with van der Waals surface area (Å²) in [5, 5.41) is 14.4. The number of esters is 1. The Morgan fingerprint density at radius 3 is 2.61 bits per heavy atom. The molecule has 7 nitrogen and oxygen atoms in total. The van der Waals surface area contributed by atoms with Crippen molar-refractivity contribution in [2.75, 3.05) is 19.0 Å². The van der Waals surface area contributed by atoms with Gasteiger partial charge in [0.15, 0.2) is 5.56 Å². The highest BCUT2D eigenvalue weighted by molar-refractivity contribution is 5.94. The summed E-state index contributed by atoms with van der Waals surface area (Å²) in [4.78, 5) is 25.5. The summed E-state index contributed by atoms with van der Waals surface area (Å²) in [7, 11) is 2.65. The molecule has 2 heterocycles. The predicted octanol–water partition coefficient (Wildman–Crippen LogP) is 4.19. The summed E-state index contributed by atoms with van der Waals surface area (Å²) < 4.78 is 37.4. The van der Waals surface area contributed by atoms with Gasteiger partial charge in [-0.05, 0) is 47.8 Å². The van der Waals surface area contributed by atoms with Crippen molar-refractivity contribution < 1.29 is 28.2 Å². The third-order valence-corrected chi connectivity index (χ3v) is 6.68. The van der Waals surface area contributed by atoms with E-state index >= 15 is 0 Å². The van der Waals surface area contributed by atoms with E-state index in [-0.39, 0.29) is 17.1 Å². The zero-order valence-corrected chi connectivity index (χ0v) is 19.3. The second-order valence-corrected chi connectivity index (χ2v) is 9.63. The van der Waals surface area contributed by atoms with Crippen LogP contribution in [-0.4, -0.2) is 35.9 Å². The number of carbonyl (C=O) groups excluding carboxylic acids is 1. The average Bonchev–Trinajstić information content (AvgIpc) is 2.75. The number of aromatic hydroxyl groups is 1. The number of halogens is 2. The van der Waals surface area contributed by atoms with E-state index in [0.717, 1.165) is 24.7 Å². The Bertz CT molecular complexity index is 1200. The maximum Gasteiger partial charge on any atom is 0.387 e. The fourth-order valence-electron chi connectivity index (χ4n) is 5.12. The molecule has 1 aromatic heterocycles. The minimum Gasteiger partial charge on any atom is -0.506 e. The van der Waals surface area contributed by atoms with E-state index in [1.165, 1.54) is 17.7 Å². The van der Waals surface area contributed by atoms with Crippen molar-refractivity contribution in [2.24, 2.45) is 12.5 Å². The Kier molecular flexibility index (Phi) is 5.62. The Morgan fingerprint density at radius 2 is 2.00 bits per heavy atom. The Morgan fingerprint density at radius 1 is 1.30 bits per heavy atom. The molecule has 0 radical (unpaired) electrons. The molecular weight excluding hydrogens is 434 g/mol. The number of aromatic nitrogens is 1. The van der Waals surface area contributed by atoms with Crippen LogP contribution in [0, 0.1) is 5.41 Å². The van der Waals surface area contributed by atoms with Gasteiger partial charge in [0.25, 0.3) is 5.56 Å².